The van der Waals surface area contributed by atoms with Crippen molar-refractivity contribution in [2.75, 3.05) is 18.4 Å². The Morgan fingerprint density at radius 2 is 1.95 bits per heavy atom. The standard InChI is InChI=1S/C16H23ClN2O2/c1-12-6-8-16(21,9-7-12)11-18-10-15(20)19-14-4-2-13(17)3-5-14/h2-5,12,18,21H,6-11H2,1H3,(H,19,20). The molecule has 1 aliphatic carbocycles. The van der Waals surface area contributed by atoms with Crippen LogP contribution >= 0.6 is 11.6 Å². The Labute approximate surface area is 130 Å². The van der Waals surface area contributed by atoms with Crippen molar-refractivity contribution >= 4 is 23.2 Å². The molecule has 4 nitrogen and oxygen atoms in total. The minimum absolute atomic E-state index is 0.120. The van der Waals surface area contributed by atoms with Crippen LogP contribution in [-0.4, -0.2) is 29.7 Å². The van der Waals surface area contributed by atoms with Crippen LogP contribution in [0.5, 0.6) is 0 Å². The zero-order valence-electron chi connectivity index (χ0n) is 12.4. The van der Waals surface area contributed by atoms with Gasteiger partial charge in [-0.15, -0.1) is 0 Å². The highest BCUT2D eigenvalue weighted by Crippen LogP contribution is 2.31. The summed E-state index contributed by atoms with van der Waals surface area (Å²) in [5.74, 6) is 0.573. The predicted molar refractivity (Wildman–Crippen MR) is 85.5 cm³/mol. The van der Waals surface area contributed by atoms with Gasteiger partial charge in [0.05, 0.1) is 12.1 Å². The second kappa shape index (κ2) is 7.25. The molecule has 0 spiro atoms. The topological polar surface area (TPSA) is 61.4 Å². The first kappa shape index (κ1) is 16.3. The van der Waals surface area contributed by atoms with Gasteiger partial charge >= 0.3 is 0 Å². The average molecular weight is 311 g/mol. The first-order chi connectivity index (χ1) is 9.97. The molecule has 1 saturated carbocycles. The van der Waals surface area contributed by atoms with Gasteiger partial charge in [0, 0.05) is 17.3 Å². The summed E-state index contributed by atoms with van der Waals surface area (Å²) < 4.78 is 0. The number of nitrogens with one attached hydrogen (secondary N) is 2. The number of benzene rings is 1. The van der Waals surface area contributed by atoms with Gasteiger partial charge in [-0.3, -0.25) is 4.79 Å². The van der Waals surface area contributed by atoms with Crippen LogP contribution in [0.1, 0.15) is 32.6 Å². The highest BCUT2D eigenvalue weighted by atomic mass is 35.5. The van der Waals surface area contributed by atoms with Crippen LogP contribution < -0.4 is 10.6 Å². The molecule has 0 unspecified atom stereocenters. The van der Waals surface area contributed by atoms with Crippen molar-refractivity contribution in [1.29, 1.82) is 0 Å². The van der Waals surface area contributed by atoms with Gasteiger partial charge in [-0.2, -0.15) is 0 Å². The normalized spacial score (nSPS) is 25.6. The lowest BCUT2D eigenvalue weighted by Gasteiger charge is -2.35. The van der Waals surface area contributed by atoms with Gasteiger partial charge in [0.25, 0.3) is 0 Å². The van der Waals surface area contributed by atoms with Crippen LogP contribution in [0.2, 0.25) is 5.02 Å². The second-order valence-corrected chi connectivity index (χ2v) is 6.50. The van der Waals surface area contributed by atoms with E-state index in [4.69, 9.17) is 11.6 Å². The fraction of sp³-hybridized carbons (Fsp3) is 0.562. The van der Waals surface area contributed by atoms with E-state index in [1.807, 2.05) is 0 Å². The minimum atomic E-state index is -0.660. The fourth-order valence-corrected chi connectivity index (χ4v) is 2.75. The summed E-state index contributed by atoms with van der Waals surface area (Å²) >= 11 is 5.79. The summed E-state index contributed by atoms with van der Waals surface area (Å²) in [6.45, 7) is 2.88. The van der Waals surface area contributed by atoms with Gasteiger partial charge in [0.1, 0.15) is 0 Å². The maximum absolute atomic E-state index is 11.8. The van der Waals surface area contributed by atoms with E-state index < -0.39 is 5.60 Å². The number of carbonyl (C=O) groups is 1. The van der Waals surface area contributed by atoms with Crippen molar-refractivity contribution < 1.29 is 9.90 Å². The quantitative estimate of drug-likeness (QED) is 0.783. The molecule has 3 N–H and O–H groups in total. The van der Waals surface area contributed by atoms with E-state index in [0.29, 0.717) is 17.5 Å². The number of carbonyl (C=O) groups excluding carboxylic acids is 1. The Kier molecular flexibility index (Phi) is 5.62. The highest BCUT2D eigenvalue weighted by Gasteiger charge is 2.31. The largest absolute Gasteiger partial charge is 0.389 e. The monoisotopic (exact) mass is 310 g/mol. The molecule has 0 heterocycles. The molecule has 1 amide bonds. The maximum atomic E-state index is 11.8. The van der Waals surface area contributed by atoms with Crippen LogP contribution in [-0.2, 0) is 4.79 Å². The van der Waals surface area contributed by atoms with E-state index in [1.54, 1.807) is 24.3 Å². The van der Waals surface area contributed by atoms with Gasteiger partial charge in [0.15, 0.2) is 0 Å². The number of aliphatic hydroxyl groups is 1. The van der Waals surface area contributed by atoms with Gasteiger partial charge in [-0.25, -0.2) is 0 Å². The lowest BCUT2D eigenvalue weighted by atomic mass is 9.79. The van der Waals surface area contributed by atoms with Crippen molar-refractivity contribution in [2.24, 2.45) is 5.92 Å². The number of halogens is 1. The number of hydrogen-bond acceptors (Lipinski definition) is 3. The van der Waals surface area contributed by atoms with Gasteiger partial charge in [-0.05, 0) is 55.9 Å². The number of amides is 1. The van der Waals surface area contributed by atoms with Gasteiger partial charge in [-0.1, -0.05) is 18.5 Å². The van der Waals surface area contributed by atoms with Crippen molar-refractivity contribution in [1.82, 2.24) is 5.32 Å². The second-order valence-electron chi connectivity index (χ2n) is 6.07. The molecule has 21 heavy (non-hydrogen) atoms. The van der Waals surface area contributed by atoms with Crippen LogP contribution in [0.4, 0.5) is 5.69 Å². The molecular formula is C16H23ClN2O2. The minimum Gasteiger partial charge on any atom is -0.389 e. The molecule has 0 aromatic heterocycles. The first-order valence-electron chi connectivity index (χ1n) is 7.45. The van der Waals surface area contributed by atoms with Gasteiger partial charge in [0.2, 0.25) is 5.91 Å². The number of rotatable bonds is 5. The molecule has 1 aliphatic rings. The Morgan fingerprint density at radius 3 is 2.57 bits per heavy atom. The molecule has 0 saturated heterocycles. The van der Waals surface area contributed by atoms with E-state index in [2.05, 4.69) is 17.6 Å². The molecule has 0 bridgehead atoms. The summed E-state index contributed by atoms with van der Waals surface area (Å²) in [4.78, 5) is 11.8. The van der Waals surface area contributed by atoms with E-state index in [-0.39, 0.29) is 12.5 Å². The summed E-state index contributed by atoms with van der Waals surface area (Å²) in [5, 5.41) is 16.9. The van der Waals surface area contributed by atoms with E-state index in [0.717, 1.165) is 31.4 Å². The SMILES string of the molecule is CC1CCC(O)(CNCC(=O)Nc2ccc(Cl)cc2)CC1. The molecule has 2 rings (SSSR count). The fourth-order valence-electron chi connectivity index (χ4n) is 2.62. The lowest BCUT2D eigenvalue weighted by molar-refractivity contribution is -0.115. The van der Waals surface area contributed by atoms with Crippen LogP contribution in [0.25, 0.3) is 0 Å². The smallest absolute Gasteiger partial charge is 0.238 e. The Morgan fingerprint density at radius 1 is 1.33 bits per heavy atom. The lowest BCUT2D eigenvalue weighted by Crippen LogP contribution is -2.45. The predicted octanol–water partition coefficient (Wildman–Crippen LogP) is 2.81. The van der Waals surface area contributed by atoms with Crippen LogP contribution in [0.15, 0.2) is 24.3 Å². The van der Waals surface area contributed by atoms with Crippen molar-refractivity contribution in [3.8, 4) is 0 Å². The molecule has 1 fully saturated rings. The molecule has 0 radical (unpaired) electrons. The molecular weight excluding hydrogens is 288 g/mol. The van der Waals surface area contributed by atoms with Crippen LogP contribution in [0, 0.1) is 5.92 Å². The average Bonchev–Trinajstić information content (AvgIpc) is 2.45. The summed E-state index contributed by atoms with van der Waals surface area (Å²) in [7, 11) is 0. The van der Waals surface area contributed by atoms with Gasteiger partial charge < -0.3 is 15.7 Å². The zero-order chi connectivity index (χ0) is 15.3. The third-order valence-electron chi connectivity index (χ3n) is 4.07. The number of hydrogen-bond donors (Lipinski definition) is 3. The van der Waals surface area contributed by atoms with E-state index >= 15 is 0 Å². The van der Waals surface area contributed by atoms with Crippen molar-refractivity contribution in [3.63, 3.8) is 0 Å². The van der Waals surface area contributed by atoms with E-state index in [9.17, 15) is 9.90 Å². The van der Waals surface area contributed by atoms with Crippen molar-refractivity contribution in [3.05, 3.63) is 29.3 Å². The van der Waals surface area contributed by atoms with Crippen molar-refractivity contribution in [2.45, 2.75) is 38.2 Å². The first-order valence-corrected chi connectivity index (χ1v) is 7.83. The Bertz CT molecular complexity index is 468. The van der Waals surface area contributed by atoms with Crippen LogP contribution in [0.3, 0.4) is 0 Å². The maximum Gasteiger partial charge on any atom is 0.238 e. The third kappa shape index (κ3) is 5.30. The summed E-state index contributed by atoms with van der Waals surface area (Å²) in [5.41, 5.74) is 0.0592. The molecule has 1 aromatic carbocycles. The highest BCUT2D eigenvalue weighted by molar-refractivity contribution is 6.30. The Balaban J connectivity index is 1.70. The Hall–Kier alpha value is -1.10. The molecule has 0 atom stereocenters. The zero-order valence-corrected chi connectivity index (χ0v) is 13.1. The third-order valence-corrected chi connectivity index (χ3v) is 4.32. The molecule has 116 valence electrons. The molecule has 0 aliphatic heterocycles. The molecule has 5 heteroatoms. The summed E-state index contributed by atoms with van der Waals surface area (Å²) in [6.07, 6.45) is 3.71. The molecule has 1 aromatic rings. The van der Waals surface area contributed by atoms with E-state index in [1.165, 1.54) is 0 Å². The summed E-state index contributed by atoms with van der Waals surface area (Å²) in [6, 6.07) is 6.99. The number of anilines is 1.